The van der Waals surface area contributed by atoms with Crippen LogP contribution in [0.15, 0.2) is 72.9 Å². The van der Waals surface area contributed by atoms with Crippen LogP contribution < -0.4 is 10.1 Å². The first kappa shape index (κ1) is 25.0. The van der Waals surface area contributed by atoms with Crippen molar-refractivity contribution in [2.45, 2.75) is 39.7 Å². The zero-order chi connectivity index (χ0) is 25.5. The molecule has 0 atom stereocenters. The molecule has 0 saturated carbocycles. The van der Waals surface area contributed by atoms with Crippen LogP contribution in [0.2, 0.25) is 0 Å². The molecule has 5 nitrogen and oxygen atoms in total. The number of carbonyl (C=O) groups is 1. The molecule has 2 N–H and O–H groups in total. The second kappa shape index (κ2) is 11.5. The quantitative estimate of drug-likeness (QED) is 0.275. The van der Waals surface area contributed by atoms with Gasteiger partial charge in [-0.25, -0.2) is 0 Å². The first-order valence-corrected chi connectivity index (χ1v) is 12.3. The number of nitrogens with zero attached hydrogens (tertiary/aromatic N) is 1. The normalized spacial score (nSPS) is 11.2. The lowest BCUT2D eigenvalue weighted by molar-refractivity contribution is 0.0949. The first-order chi connectivity index (χ1) is 17.5. The number of carbonyl (C=O) groups excluding carboxylic acids is 1. The minimum Gasteiger partial charge on any atom is -0.497 e. The van der Waals surface area contributed by atoms with Gasteiger partial charge in [-0.05, 0) is 65.4 Å². The number of H-pyrrole nitrogens is 1. The Hall–Kier alpha value is -4.12. The fourth-order valence-corrected chi connectivity index (χ4v) is 4.22. The smallest absolute Gasteiger partial charge is 0.253 e. The van der Waals surface area contributed by atoms with Gasteiger partial charge in [-0.1, -0.05) is 63.2 Å². The van der Waals surface area contributed by atoms with Gasteiger partial charge in [0, 0.05) is 29.7 Å². The van der Waals surface area contributed by atoms with Gasteiger partial charge in [0.15, 0.2) is 0 Å². The molecule has 0 aliphatic heterocycles. The lowest BCUT2D eigenvalue weighted by Crippen LogP contribution is -2.24. The third-order valence-electron chi connectivity index (χ3n) is 6.24. The van der Waals surface area contributed by atoms with Crippen molar-refractivity contribution in [2.75, 3.05) is 7.11 Å². The number of nitrogens with one attached hydrogen (secondary N) is 2. The zero-order valence-corrected chi connectivity index (χ0v) is 21.3. The van der Waals surface area contributed by atoms with Crippen molar-refractivity contribution in [2.24, 2.45) is 0 Å². The predicted octanol–water partition coefficient (Wildman–Crippen LogP) is 6.87. The third kappa shape index (κ3) is 5.92. The molecule has 0 bridgehead atoms. The van der Waals surface area contributed by atoms with E-state index in [2.05, 4.69) is 48.2 Å². The highest BCUT2D eigenvalue weighted by atomic mass is 16.5. The Kier molecular flexibility index (Phi) is 8.01. The number of benzene rings is 2. The molecule has 0 unspecified atom stereocenters. The fraction of sp³-hybridized carbons (Fsp3) is 0.226. The highest BCUT2D eigenvalue weighted by Gasteiger charge is 2.19. The molecule has 0 radical (unpaired) electrons. The fourth-order valence-electron chi connectivity index (χ4n) is 4.22. The summed E-state index contributed by atoms with van der Waals surface area (Å²) in [7, 11) is 1.67. The Balaban J connectivity index is 1.55. The second-order valence-electron chi connectivity index (χ2n) is 9.05. The molecule has 5 heteroatoms. The second-order valence-corrected chi connectivity index (χ2v) is 9.05. The van der Waals surface area contributed by atoms with Crippen molar-refractivity contribution in [1.29, 1.82) is 0 Å². The maximum atomic E-state index is 13.3. The number of pyridine rings is 1. The summed E-state index contributed by atoms with van der Waals surface area (Å²) in [6.45, 7) is 6.75. The van der Waals surface area contributed by atoms with Gasteiger partial charge >= 0.3 is 0 Å². The average Bonchev–Trinajstić information content (AvgIpc) is 3.37. The molecule has 1 amide bonds. The molecule has 4 aromatic rings. The zero-order valence-electron chi connectivity index (χ0n) is 21.3. The van der Waals surface area contributed by atoms with Crippen molar-refractivity contribution in [1.82, 2.24) is 15.3 Å². The van der Waals surface area contributed by atoms with Gasteiger partial charge in [0.1, 0.15) is 5.75 Å². The molecule has 36 heavy (non-hydrogen) atoms. The Morgan fingerprint density at radius 3 is 2.56 bits per heavy atom. The molecule has 4 rings (SSSR count). The lowest BCUT2D eigenvalue weighted by atomic mass is 10.0. The highest BCUT2D eigenvalue weighted by molar-refractivity contribution is 5.97. The number of hydrogen-bond donors (Lipinski definition) is 2. The molecular formula is C31H33N3O2. The summed E-state index contributed by atoms with van der Waals surface area (Å²) in [4.78, 5) is 21.2. The Labute approximate surface area is 213 Å². The van der Waals surface area contributed by atoms with Crippen LogP contribution in [0.25, 0.3) is 23.4 Å². The molecule has 0 aliphatic rings. The summed E-state index contributed by atoms with van der Waals surface area (Å²) in [6, 6.07) is 22.1. The van der Waals surface area contributed by atoms with Gasteiger partial charge in [-0.15, -0.1) is 0 Å². The van der Waals surface area contributed by atoms with Crippen molar-refractivity contribution in [3.63, 3.8) is 0 Å². The summed E-state index contributed by atoms with van der Waals surface area (Å²) in [5.74, 6) is 0.915. The van der Waals surface area contributed by atoms with Gasteiger partial charge in [-0.2, -0.15) is 0 Å². The highest BCUT2D eigenvalue weighted by Crippen LogP contribution is 2.27. The molecule has 2 heterocycles. The van der Waals surface area contributed by atoms with Crippen LogP contribution in [0.5, 0.6) is 5.75 Å². The molecule has 2 aromatic carbocycles. The number of aromatic amines is 1. The van der Waals surface area contributed by atoms with E-state index in [1.54, 1.807) is 13.3 Å². The number of amides is 1. The van der Waals surface area contributed by atoms with Gasteiger partial charge in [0.2, 0.25) is 0 Å². The summed E-state index contributed by atoms with van der Waals surface area (Å²) in [5.41, 5.74) is 7.72. The summed E-state index contributed by atoms with van der Waals surface area (Å²) in [5, 5.41) is 3.11. The van der Waals surface area contributed by atoms with Gasteiger partial charge in [0.05, 0.1) is 18.4 Å². The van der Waals surface area contributed by atoms with E-state index in [0.29, 0.717) is 12.1 Å². The molecule has 0 fully saturated rings. The molecule has 0 saturated heterocycles. The maximum absolute atomic E-state index is 13.3. The SMILES string of the molecule is CCc1cc(OC)ccc1CNC(=O)c1cc(-c2ccnc(/C=C/c3ccccc3)c2)[nH]c1C(C)C. The average molecular weight is 480 g/mol. The number of rotatable bonds is 9. The minimum atomic E-state index is -0.0858. The maximum Gasteiger partial charge on any atom is 0.253 e. The van der Waals surface area contributed by atoms with E-state index in [-0.39, 0.29) is 11.8 Å². The molecule has 2 aromatic heterocycles. The van der Waals surface area contributed by atoms with Crippen LogP contribution in [0, 0.1) is 0 Å². The largest absolute Gasteiger partial charge is 0.497 e. The summed E-state index contributed by atoms with van der Waals surface area (Å²) >= 11 is 0. The van der Waals surface area contributed by atoms with Crippen molar-refractivity contribution in [3.8, 4) is 17.0 Å². The Bertz CT molecular complexity index is 1350. The van der Waals surface area contributed by atoms with Gasteiger partial charge in [-0.3, -0.25) is 9.78 Å². The van der Waals surface area contributed by atoms with Gasteiger partial charge in [0.25, 0.3) is 5.91 Å². The number of hydrogen-bond acceptors (Lipinski definition) is 3. The van der Waals surface area contributed by atoms with Crippen LogP contribution in [-0.4, -0.2) is 23.0 Å². The van der Waals surface area contributed by atoms with E-state index in [0.717, 1.165) is 45.9 Å². The van der Waals surface area contributed by atoms with E-state index in [1.807, 2.05) is 66.7 Å². The van der Waals surface area contributed by atoms with E-state index < -0.39 is 0 Å². The minimum absolute atomic E-state index is 0.0858. The van der Waals surface area contributed by atoms with E-state index in [4.69, 9.17) is 4.74 Å². The molecular weight excluding hydrogens is 446 g/mol. The van der Waals surface area contributed by atoms with Crippen molar-refractivity contribution in [3.05, 3.63) is 107 Å². The number of ether oxygens (including phenoxy) is 1. The number of aromatic nitrogens is 2. The van der Waals surface area contributed by atoms with Crippen LogP contribution in [-0.2, 0) is 13.0 Å². The summed E-state index contributed by atoms with van der Waals surface area (Å²) < 4.78 is 5.34. The third-order valence-corrected chi connectivity index (χ3v) is 6.24. The number of methoxy groups -OCH3 is 1. The van der Waals surface area contributed by atoms with Crippen molar-refractivity contribution < 1.29 is 9.53 Å². The number of aryl methyl sites for hydroxylation is 1. The molecule has 184 valence electrons. The Morgan fingerprint density at radius 1 is 1.03 bits per heavy atom. The van der Waals surface area contributed by atoms with Crippen molar-refractivity contribution >= 4 is 18.1 Å². The van der Waals surface area contributed by atoms with Crippen LogP contribution >= 0.6 is 0 Å². The van der Waals surface area contributed by atoms with Crippen LogP contribution in [0.1, 0.15) is 65.1 Å². The van der Waals surface area contributed by atoms with E-state index in [9.17, 15) is 4.79 Å². The van der Waals surface area contributed by atoms with Crippen LogP contribution in [0.3, 0.4) is 0 Å². The Morgan fingerprint density at radius 2 is 1.83 bits per heavy atom. The summed E-state index contributed by atoms with van der Waals surface area (Å²) in [6.07, 6.45) is 6.71. The molecule has 0 aliphatic carbocycles. The molecule has 0 spiro atoms. The van der Waals surface area contributed by atoms with Crippen LogP contribution in [0.4, 0.5) is 0 Å². The van der Waals surface area contributed by atoms with E-state index >= 15 is 0 Å². The van der Waals surface area contributed by atoms with E-state index in [1.165, 1.54) is 5.56 Å². The first-order valence-electron chi connectivity index (χ1n) is 12.3. The predicted molar refractivity (Wildman–Crippen MR) is 147 cm³/mol. The monoisotopic (exact) mass is 479 g/mol. The standard InChI is InChI=1S/C31H33N3O2/c1-5-23-18-27(36-4)14-12-25(23)20-33-31(35)28-19-29(34-30(28)21(2)3)24-15-16-32-26(17-24)13-11-22-9-7-6-8-10-22/h6-19,21,34H,5,20H2,1-4H3,(H,33,35)/b13-11+. The topological polar surface area (TPSA) is 67.0 Å². The van der Waals surface area contributed by atoms with Gasteiger partial charge < -0.3 is 15.0 Å². The lowest BCUT2D eigenvalue weighted by Gasteiger charge is -2.12.